The molecule has 1 heterocycles. The molecule has 1 aliphatic rings. The van der Waals surface area contributed by atoms with Crippen LogP contribution in [-0.2, 0) is 21.4 Å². The Morgan fingerprint density at radius 3 is 2.29 bits per heavy atom. The van der Waals surface area contributed by atoms with E-state index in [4.69, 9.17) is 0 Å². The number of carbonyl (C=O) groups excluding carboxylic acids is 2. The van der Waals surface area contributed by atoms with Crippen molar-refractivity contribution in [1.29, 1.82) is 0 Å². The number of hydrogen-bond donors (Lipinski definition) is 1. The maximum atomic E-state index is 13.1. The van der Waals surface area contributed by atoms with E-state index in [1.54, 1.807) is 23.1 Å². The van der Waals surface area contributed by atoms with Gasteiger partial charge in [-0.3, -0.25) is 9.59 Å². The van der Waals surface area contributed by atoms with E-state index in [1.807, 2.05) is 0 Å². The first kappa shape index (κ1) is 22.9. The number of carbonyl (C=O) groups is 2. The highest BCUT2D eigenvalue weighted by molar-refractivity contribution is 7.89. The Balaban J connectivity index is 1.57. The van der Waals surface area contributed by atoms with Gasteiger partial charge in [0.2, 0.25) is 15.9 Å². The minimum atomic E-state index is -3.61. The summed E-state index contributed by atoms with van der Waals surface area (Å²) in [6, 6.07) is 12.0. The first-order valence-corrected chi connectivity index (χ1v) is 11.5. The van der Waals surface area contributed by atoms with Gasteiger partial charge in [0.15, 0.2) is 0 Å². The van der Waals surface area contributed by atoms with Crippen LogP contribution < -0.4 is 5.32 Å². The quantitative estimate of drug-likeness (QED) is 0.736. The summed E-state index contributed by atoms with van der Waals surface area (Å²) < 4.78 is 39.2. The third-order valence-electron chi connectivity index (χ3n) is 5.43. The number of sulfonamides is 1. The van der Waals surface area contributed by atoms with Crippen molar-refractivity contribution in [3.63, 3.8) is 0 Å². The number of benzene rings is 2. The summed E-state index contributed by atoms with van der Waals surface area (Å²) in [7, 11) is -0.684. The molecule has 0 bridgehead atoms. The van der Waals surface area contributed by atoms with E-state index in [2.05, 4.69) is 5.32 Å². The zero-order valence-corrected chi connectivity index (χ0v) is 18.4. The van der Waals surface area contributed by atoms with Crippen LogP contribution in [-0.4, -0.2) is 56.6 Å². The smallest absolute Gasteiger partial charge is 0.253 e. The number of nitrogens with zero attached hydrogens (tertiary/aromatic N) is 2. The van der Waals surface area contributed by atoms with Gasteiger partial charge in [-0.2, -0.15) is 0 Å². The number of nitrogens with one attached hydrogen (secondary N) is 1. The molecule has 2 amide bonds. The Morgan fingerprint density at radius 2 is 1.68 bits per heavy atom. The second-order valence-electron chi connectivity index (χ2n) is 7.69. The Labute approximate surface area is 181 Å². The van der Waals surface area contributed by atoms with Gasteiger partial charge in [0, 0.05) is 45.2 Å². The van der Waals surface area contributed by atoms with Crippen molar-refractivity contribution in [3.8, 4) is 0 Å². The summed E-state index contributed by atoms with van der Waals surface area (Å²) in [6.45, 7) is 0.969. The third-order valence-corrected chi connectivity index (χ3v) is 7.34. The van der Waals surface area contributed by atoms with Crippen LogP contribution in [0.25, 0.3) is 0 Å². The van der Waals surface area contributed by atoms with Gasteiger partial charge in [0.05, 0.1) is 4.90 Å². The minimum absolute atomic E-state index is 0.108. The lowest BCUT2D eigenvalue weighted by Crippen LogP contribution is -2.43. The number of likely N-dealkylation sites (tertiary alicyclic amines) is 1. The van der Waals surface area contributed by atoms with Crippen molar-refractivity contribution in [2.24, 2.45) is 5.92 Å². The second-order valence-corrected chi connectivity index (χ2v) is 9.81. The molecule has 31 heavy (non-hydrogen) atoms. The lowest BCUT2D eigenvalue weighted by atomic mass is 9.95. The molecule has 1 saturated heterocycles. The van der Waals surface area contributed by atoms with Crippen LogP contribution >= 0.6 is 0 Å². The largest absolute Gasteiger partial charge is 0.352 e. The van der Waals surface area contributed by atoms with Gasteiger partial charge in [-0.25, -0.2) is 17.1 Å². The van der Waals surface area contributed by atoms with E-state index in [0.29, 0.717) is 37.1 Å². The SMILES string of the molecule is CN(C)S(=O)(=O)c1ccccc1CNC(=O)C1CCN(C(=O)c2ccc(F)cc2)CC1. The second kappa shape index (κ2) is 9.57. The minimum Gasteiger partial charge on any atom is -0.352 e. The molecule has 2 aromatic rings. The lowest BCUT2D eigenvalue weighted by molar-refractivity contribution is -0.126. The van der Waals surface area contributed by atoms with Gasteiger partial charge < -0.3 is 10.2 Å². The standard InChI is InChI=1S/C22H26FN3O4S/c1-25(2)31(29,30)20-6-4-3-5-18(20)15-24-21(27)16-11-13-26(14-12-16)22(28)17-7-9-19(23)10-8-17/h3-10,16H,11-15H2,1-2H3,(H,24,27). The molecule has 0 aromatic heterocycles. The molecule has 1 N–H and O–H groups in total. The monoisotopic (exact) mass is 447 g/mol. The molecule has 1 aliphatic heterocycles. The normalized spacial score (nSPS) is 15.2. The van der Waals surface area contributed by atoms with Crippen LogP contribution in [0.5, 0.6) is 0 Å². The zero-order valence-electron chi connectivity index (χ0n) is 17.5. The first-order chi connectivity index (χ1) is 14.7. The maximum absolute atomic E-state index is 13.1. The van der Waals surface area contributed by atoms with E-state index in [-0.39, 0.29) is 29.2 Å². The number of hydrogen-bond acceptors (Lipinski definition) is 4. The van der Waals surface area contributed by atoms with Gasteiger partial charge in [-0.1, -0.05) is 18.2 Å². The molecule has 166 valence electrons. The zero-order chi connectivity index (χ0) is 22.6. The van der Waals surface area contributed by atoms with E-state index in [0.717, 1.165) is 4.31 Å². The fourth-order valence-corrected chi connectivity index (χ4v) is 4.66. The summed E-state index contributed by atoms with van der Waals surface area (Å²) >= 11 is 0. The summed E-state index contributed by atoms with van der Waals surface area (Å²) in [5, 5.41) is 2.84. The molecule has 1 fully saturated rings. The number of piperidine rings is 1. The molecule has 3 rings (SSSR count). The number of rotatable bonds is 6. The summed E-state index contributed by atoms with van der Waals surface area (Å²) in [5.41, 5.74) is 0.941. The topological polar surface area (TPSA) is 86.8 Å². The van der Waals surface area contributed by atoms with E-state index in [1.165, 1.54) is 44.4 Å². The van der Waals surface area contributed by atoms with Crippen molar-refractivity contribution in [2.75, 3.05) is 27.2 Å². The summed E-state index contributed by atoms with van der Waals surface area (Å²) in [5.74, 6) is -0.991. The molecule has 0 atom stereocenters. The average Bonchev–Trinajstić information content (AvgIpc) is 2.77. The fourth-order valence-electron chi connectivity index (χ4n) is 3.54. The Bertz CT molecular complexity index is 1050. The predicted molar refractivity (Wildman–Crippen MR) is 114 cm³/mol. The summed E-state index contributed by atoms with van der Waals surface area (Å²) in [6.07, 6.45) is 1.02. The number of amides is 2. The van der Waals surface area contributed by atoms with Gasteiger partial charge in [-0.15, -0.1) is 0 Å². The van der Waals surface area contributed by atoms with Crippen LogP contribution in [0.2, 0.25) is 0 Å². The fraction of sp³-hybridized carbons (Fsp3) is 0.364. The molecule has 9 heteroatoms. The molecule has 0 radical (unpaired) electrons. The van der Waals surface area contributed by atoms with Gasteiger partial charge in [0.25, 0.3) is 5.91 Å². The molecule has 2 aromatic carbocycles. The average molecular weight is 448 g/mol. The van der Waals surface area contributed by atoms with Gasteiger partial charge in [-0.05, 0) is 48.7 Å². The Kier molecular flexibility index (Phi) is 7.07. The van der Waals surface area contributed by atoms with Crippen LogP contribution in [0.4, 0.5) is 4.39 Å². The number of halogens is 1. The van der Waals surface area contributed by atoms with Crippen LogP contribution in [0.3, 0.4) is 0 Å². The van der Waals surface area contributed by atoms with Crippen molar-refractivity contribution in [3.05, 3.63) is 65.5 Å². The van der Waals surface area contributed by atoms with E-state index in [9.17, 15) is 22.4 Å². The van der Waals surface area contributed by atoms with E-state index < -0.39 is 15.8 Å². The van der Waals surface area contributed by atoms with Crippen molar-refractivity contribution in [2.45, 2.75) is 24.3 Å². The predicted octanol–water partition coefficient (Wildman–Crippen LogP) is 2.24. The van der Waals surface area contributed by atoms with Gasteiger partial charge >= 0.3 is 0 Å². The van der Waals surface area contributed by atoms with Gasteiger partial charge in [0.1, 0.15) is 5.82 Å². The molecule has 0 spiro atoms. The lowest BCUT2D eigenvalue weighted by Gasteiger charge is -2.31. The Hall–Kier alpha value is -2.78. The highest BCUT2D eigenvalue weighted by atomic mass is 32.2. The van der Waals surface area contributed by atoms with Crippen molar-refractivity contribution >= 4 is 21.8 Å². The highest BCUT2D eigenvalue weighted by Gasteiger charge is 2.28. The first-order valence-electron chi connectivity index (χ1n) is 10.0. The van der Waals surface area contributed by atoms with Crippen LogP contribution in [0.15, 0.2) is 53.4 Å². The van der Waals surface area contributed by atoms with E-state index >= 15 is 0 Å². The molecule has 0 aliphatic carbocycles. The molecular formula is C22H26FN3O4S. The molecule has 0 unspecified atom stereocenters. The molecular weight excluding hydrogens is 421 g/mol. The molecule has 7 nitrogen and oxygen atoms in total. The molecule has 0 saturated carbocycles. The summed E-state index contributed by atoms with van der Waals surface area (Å²) in [4.78, 5) is 27.0. The highest BCUT2D eigenvalue weighted by Crippen LogP contribution is 2.21. The third kappa shape index (κ3) is 5.29. The van der Waals surface area contributed by atoms with Crippen LogP contribution in [0, 0.1) is 11.7 Å². The van der Waals surface area contributed by atoms with Crippen LogP contribution in [0.1, 0.15) is 28.8 Å². The van der Waals surface area contributed by atoms with Crippen molar-refractivity contribution in [1.82, 2.24) is 14.5 Å². The van der Waals surface area contributed by atoms with Crippen molar-refractivity contribution < 1.29 is 22.4 Å². The Morgan fingerprint density at radius 1 is 1.06 bits per heavy atom. The maximum Gasteiger partial charge on any atom is 0.253 e.